The van der Waals surface area contributed by atoms with Crippen LogP contribution in [0.1, 0.15) is 18.1 Å². The van der Waals surface area contributed by atoms with Crippen molar-refractivity contribution in [2.24, 2.45) is 26.4 Å². The zero-order valence-corrected chi connectivity index (χ0v) is 16.8. The van der Waals surface area contributed by atoms with E-state index in [1.54, 1.807) is 24.3 Å². The minimum Gasteiger partial charge on any atom is -0.396 e. The summed E-state index contributed by atoms with van der Waals surface area (Å²) in [5.41, 5.74) is 2.62. The number of benzene rings is 3. The molecule has 0 aliphatic heterocycles. The average molecular weight is 426 g/mol. The van der Waals surface area contributed by atoms with Crippen LogP contribution in [0, 0.1) is 5.92 Å². The molecule has 1 unspecified atom stereocenters. The van der Waals surface area contributed by atoms with E-state index in [-0.39, 0.29) is 12.5 Å². The fraction of sp³-hybridized carbons (Fsp3) is 0.217. The van der Waals surface area contributed by atoms with E-state index in [2.05, 4.69) is 20.5 Å². The third-order valence-electron chi connectivity index (χ3n) is 4.44. The molecule has 0 amide bonds. The van der Waals surface area contributed by atoms with E-state index in [1.165, 1.54) is 12.1 Å². The molecule has 0 aliphatic rings. The van der Waals surface area contributed by atoms with Gasteiger partial charge in [0.2, 0.25) is 0 Å². The van der Waals surface area contributed by atoms with Gasteiger partial charge in [0.05, 0.1) is 28.3 Å². The van der Waals surface area contributed by atoms with Crippen molar-refractivity contribution < 1.29 is 18.3 Å². The maximum Gasteiger partial charge on any atom is 0.416 e. The minimum atomic E-state index is -4.37. The maximum atomic E-state index is 12.6. The van der Waals surface area contributed by atoms with Crippen LogP contribution >= 0.6 is 0 Å². The van der Waals surface area contributed by atoms with E-state index in [0.717, 1.165) is 24.1 Å². The third kappa shape index (κ3) is 6.82. The van der Waals surface area contributed by atoms with Gasteiger partial charge in [-0.25, -0.2) is 0 Å². The van der Waals surface area contributed by atoms with Gasteiger partial charge in [0.1, 0.15) is 0 Å². The summed E-state index contributed by atoms with van der Waals surface area (Å²) in [4.78, 5) is 0. The van der Waals surface area contributed by atoms with Crippen molar-refractivity contribution in [2.45, 2.75) is 19.5 Å². The third-order valence-corrected chi connectivity index (χ3v) is 4.44. The second-order valence-electron chi connectivity index (χ2n) is 7.12. The van der Waals surface area contributed by atoms with Crippen LogP contribution in [-0.2, 0) is 12.6 Å². The lowest BCUT2D eigenvalue weighted by atomic mass is 10.0. The summed E-state index contributed by atoms with van der Waals surface area (Å²) in [6, 6.07) is 19.0. The van der Waals surface area contributed by atoms with Gasteiger partial charge in [0.25, 0.3) is 0 Å². The van der Waals surface area contributed by atoms with Crippen LogP contribution in [-0.4, -0.2) is 11.7 Å². The number of hydrogen-bond acceptors (Lipinski definition) is 5. The molecule has 0 spiro atoms. The molecular weight excluding hydrogens is 405 g/mol. The first-order valence-corrected chi connectivity index (χ1v) is 9.64. The molecule has 1 atom stereocenters. The van der Waals surface area contributed by atoms with Gasteiger partial charge in [-0.2, -0.15) is 33.6 Å². The number of nitrogens with zero attached hydrogens (tertiary/aromatic N) is 4. The monoisotopic (exact) mass is 426 g/mol. The maximum absolute atomic E-state index is 12.6. The Bertz CT molecular complexity index is 1030. The van der Waals surface area contributed by atoms with Gasteiger partial charge < -0.3 is 5.11 Å². The summed E-state index contributed by atoms with van der Waals surface area (Å²) in [6.45, 7) is 2.14. The van der Waals surface area contributed by atoms with Crippen molar-refractivity contribution in [3.05, 3.63) is 83.9 Å². The standard InChI is InChI=1S/C23H21F3N4O/c1-16(15-31)14-17-2-6-19(7-3-17)27-29-21-10-12-22(13-11-21)30-28-20-8-4-18(5-9-20)23(24,25)26/h2-13,16,31H,14-15H2,1H3. The normalized spacial score (nSPS) is 13.2. The first kappa shape index (κ1) is 22.3. The van der Waals surface area contributed by atoms with E-state index >= 15 is 0 Å². The fourth-order valence-electron chi connectivity index (χ4n) is 2.70. The zero-order chi connectivity index (χ0) is 22.3. The van der Waals surface area contributed by atoms with Crippen molar-refractivity contribution in [2.75, 3.05) is 6.61 Å². The molecule has 0 aliphatic carbocycles. The summed E-state index contributed by atoms with van der Waals surface area (Å²) in [5, 5.41) is 25.5. The zero-order valence-electron chi connectivity index (χ0n) is 16.8. The lowest BCUT2D eigenvalue weighted by molar-refractivity contribution is -0.137. The molecule has 0 saturated heterocycles. The Hall–Kier alpha value is -3.39. The molecule has 3 rings (SSSR count). The topological polar surface area (TPSA) is 69.7 Å². The molecule has 3 aromatic carbocycles. The van der Waals surface area contributed by atoms with Gasteiger partial charge in [0, 0.05) is 6.61 Å². The summed E-state index contributed by atoms with van der Waals surface area (Å²) in [5.74, 6) is 0.211. The fourth-order valence-corrected chi connectivity index (χ4v) is 2.70. The Morgan fingerprint density at radius 2 is 1.03 bits per heavy atom. The van der Waals surface area contributed by atoms with Gasteiger partial charge in [-0.15, -0.1) is 0 Å². The Morgan fingerprint density at radius 3 is 1.39 bits per heavy atom. The average Bonchev–Trinajstić information content (AvgIpc) is 2.77. The van der Waals surface area contributed by atoms with Gasteiger partial charge >= 0.3 is 6.18 Å². The van der Waals surface area contributed by atoms with Crippen molar-refractivity contribution in [3.8, 4) is 0 Å². The molecule has 0 fully saturated rings. The molecule has 1 N–H and O–H groups in total. The molecule has 3 aromatic rings. The van der Waals surface area contributed by atoms with E-state index < -0.39 is 11.7 Å². The minimum absolute atomic E-state index is 0.154. The first-order valence-electron chi connectivity index (χ1n) is 9.64. The van der Waals surface area contributed by atoms with Crippen LogP contribution in [0.4, 0.5) is 35.9 Å². The predicted molar refractivity (Wildman–Crippen MR) is 113 cm³/mol. The van der Waals surface area contributed by atoms with Crippen molar-refractivity contribution in [1.29, 1.82) is 0 Å². The van der Waals surface area contributed by atoms with Crippen LogP contribution in [0.25, 0.3) is 0 Å². The molecule has 0 aromatic heterocycles. The highest BCUT2D eigenvalue weighted by atomic mass is 19.4. The first-order chi connectivity index (χ1) is 14.8. The molecule has 31 heavy (non-hydrogen) atoms. The van der Waals surface area contributed by atoms with Crippen LogP contribution in [0.5, 0.6) is 0 Å². The summed E-state index contributed by atoms with van der Waals surface area (Å²) in [7, 11) is 0. The highest BCUT2D eigenvalue weighted by Gasteiger charge is 2.29. The quantitative estimate of drug-likeness (QED) is 0.386. The van der Waals surface area contributed by atoms with Crippen molar-refractivity contribution in [3.63, 3.8) is 0 Å². The van der Waals surface area contributed by atoms with Gasteiger partial charge in [-0.3, -0.25) is 0 Å². The predicted octanol–water partition coefficient (Wildman–Crippen LogP) is 7.71. The number of halogens is 3. The summed E-state index contributed by atoms with van der Waals surface area (Å²) < 4.78 is 37.7. The number of rotatable bonds is 7. The lowest BCUT2D eigenvalue weighted by Gasteiger charge is -2.07. The number of aliphatic hydroxyl groups is 1. The molecule has 5 nitrogen and oxygen atoms in total. The largest absolute Gasteiger partial charge is 0.416 e. The molecule has 160 valence electrons. The Labute approximate surface area is 178 Å². The molecule has 8 heteroatoms. The van der Waals surface area contributed by atoms with Gasteiger partial charge in [-0.05, 0) is 78.6 Å². The Balaban J connectivity index is 1.59. The molecule has 0 radical (unpaired) electrons. The lowest BCUT2D eigenvalue weighted by Crippen LogP contribution is -2.03. The number of aliphatic hydroxyl groups excluding tert-OH is 1. The van der Waals surface area contributed by atoms with E-state index in [0.29, 0.717) is 22.7 Å². The number of azo groups is 2. The molecule has 0 saturated carbocycles. The highest BCUT2D eigenvalue weighted by Crippen LogP contribution is 2.31. The van der Waals surface area contributed by atoms with Gasteiger partial charge in [-0.1, -0.05) is 19.1 Å². The smallest absolute Gasteiger partial charge is 0.396 e. The number of hydrogen-bond donors (Lipinski definition) is 1. The van der Waals surface area contributed by atoms with E-state index in [9.17, 15) is 13.2 Å². The molecule has 0 bridgehead atoms. The Kier molecular flexibility index (Phi) is 7.25. The molecular formula is C23H21F3N4O. The Morgan fingerprint density at radius 1 is 0.677 bits per heavy atom. The van der Waals surface area contributed by atoms with Gasteiger partial charge in [0.15, 0.2) is 0 Å². The SMILES string of the molecule is CC(CO)Cc1ccc(N=Nc2ccc(N=Nc3ccc(C(F)(F)F)cc3)cc2)cc1. The van der Waals surface area contributed by atoms with E-state index in [4.69, 9.17) is 5.11 Å². The van der Waals surface area contributed by atoms with Crippen LogP contribution in [0.3, 0.4) is 0 Å². The van der Waals surface area contributed by atoms with Crippen LogP contribution in [0.2, 0.25) is 0 Å². The van der Waals surface area contributed by atoms with Crippen LogP contribution < -0.4 is 0 Å². The number of alkyl halides is 3. The van der Waals surface area contributed by atoms with Crippen molar-refractivity contribution >= 4 is 22.7 Å². The highest BCUT2D eigenvalue weighted by molar-refractivity contribution is 5.48. The summed E-state index contributed by atoms with van der Waals surface area (Å²) >= 11 is 0. The second-order valence-corrected chi connectivity index (χ2v) is 7.12. The summed E-state index contributed by atoms with van der Waals surface area (Å²) in [6.07, 6.45) is -3.57. The van der Waals surface area contributed by atoms with E-state index in [1.807, 2.05) is 31.2 Å². The second kappa shape index (κ2) is 10.1. The van der Waals surface area contributed by atoms with Crippen LogP contribution in [0.15, 0.2) is 93.3 Å². The molecule has 0 heterocycles. The van der Waals surface area contributed by atoms with Crippen molar-refractivity contribution in [1.82, 2.24) is 0 Å².